The zero-order valence-corrected chi connectivity index (χ0v) is 12.7. The molecule has 1 saturated heterocycles. The highest BCUT2D eigenvalue weighted by Gasteiger charge is 2.28. The number of para-hydroxylation sites is 1. The van der Waals surface area contributed by atoms with Gasteiger partial charge in [-0.05, 0) is 31.9 Å². The Labute approximate surface area is 128 Å². The van der Waals surface area contributed by atoms with E-state index in [9.17, 15) is 4.79 Å². The number of nitrogens with zero attached hydrogens (tertiary/aromatic N) is 2. The number of carbonyl (C=O) groups excluding carboxylic acids is 1. The quantitative estimate of drug-likeness (QED) is 0.883. The lowest BCUT2D eigenvalue weighted by Gasteiger charge is -2.25. The van der Waals surface area contributed by atoms with Crippen molar-refractivity contribution >= 4 is 28.5 Å². The average Bonchev–Trinajstić information content (AvgIpc) is 2.88. The number of piperidine rings is 1. The number of benzene rings is 1. The Bertz CT molecular complexity index is 668. The molecule has 1 aliphatic rings. The molecule has 0 aliphatic carbocycles. The molecule has 112 valence electrons. The van der Waals surface area contributed by atoms with Crippen LogP contribution in [0.5, 0.6) is 5.75 Å². The summed E-state index contributed by atoms with van der Waals surface area (Å²) in [5.41, 5.74) is 1.67. The number of rotatable bonds is 4. The predicted octanol–water partition coefficient (Wildman–Crippen LogP) is 2.62. The van der Waals surface area contributed by atoms with E-state index in [0.29, 0.717) is 12.4 Å². The van der Waals surface area contributed by atoms with Crippen LogP contribution in [0, 0.1) is 0 Å². The maximum Gasteiger partial charge on any atom is 0.243 e. The first-order chi connectivity index (χ1) is 10.3. The van der Waals surface area contributed by atoms with Crippen LogP contribution in [0.1, 0.15) is 31.6 Å². The van der Waals surface area contributed by atoms with E-state index in [1.807, 2.05) is 29.7 Å². The lowest BCUT2D eigenvalue weighted by Crippen LogP contribution is -2.38. The van der Waals surface area contributed by atoms with Crippen LogP contribution in [-0.4, -0.2) is 28.6 Å². The lowest BCUT2D eigenvalue weighted by atomic mass is 10.1. The largest absolute Gasteiger partial charge is 0.492 e. The van der Waals surface area contributed by atoms with Gasteiger partial charge in [-0.15, -0.1) is 11.6 Å². The molecule has 1 aliphatic heterocycles. The minimum atomic E-state index is -0.241. The molecule has 1 fully saturated rings. The van der Waals surface area contributed by atoms with Crippen LogP contribution in [0.3, 0.4) is 0 Å². The predicted molar refractivity (Wildman–Crippen MR) is 81.7 cm³/mol. The van der Waals surface area contributed by atoms with Gasteiger partial charge >= 0.3 is 0 Å². The van der Waals surface area contributed by atoms with Crippen LogP contribution in [0.25, 0.3) is 11.0 Å². The smallest absolute Gasteiger partial charge is 0.243 e. The third-order valence-electron chi connectivity index (χ3n) is 3.74. The summed E-state index contributed by atoms with van der Waals surface area (Å²) in [7, 11) is 0. The second-order valence-electron chi connectivity index (χ2n) is 5.04. The summed E-state index contributed by atoms with van der Waals surface area (Å²) in [5, 5.41) is 2.91. The summed E-state index contributed by atoms with van der Waals surface area (Å²) in [6, 6.07) is 5.53. The van der Waals surface area contributed by atoms with Crippen molar-refractivity contribution in [1.82, 2.24) is 14.9 Å². The van der Waals surface area contributed by atoms with Crippen molar-refractivity contribution in [1.29, 1.82) is 0 Å². The van der Waals surface area contributed by atoms with Crippen molar-refractivity contribution < 1.29 is 9.53 Å². The summed E-state index contributed by atoms with van der Waals surface area (Å²) in [6.45, 7) is 3.25. The minimum absolute atomic E-state index is 0.0359. The van der Waals surface area contributed by atoms with Gasteiger partial charge in [0, 0.05) is 6.54 Å². The molecule has 21 heavy (non-hydrogen) atoms. The normalized spacial score (nSPS) is 18.8. The number of fused-ring (bicyclic) bond motifs is 1. The zero-order chi connectivity index (χ0) is 14.8. The van der Waals surface area contributed by atoms with E-state index in [4.69, 9.17) is 16.3 Å². The van der Waals surface area contributed by atoms with Gasteiger partial charge in [0.05, 0.1) is 18.0 Å². The molecule has 1 atom stereocenters. The Morgan fingerprint density at radius 2 is 2.38 bits per heavy atom. The van der Waals surface area contributed by atoms with E-state index in [-0.39, 0.29) is 17.8 Å². The number of halogens is 1. The molecule has 0 bridgehead atoms. The first kappa shape index (κ1) is 14.2. The summed E-state index contributed by atoms with van der Waals surface area (Å²) >= 11 is 6.04. The van der Waals surface area contributed by atoms with Crippen LogP contribution in [0.4, 0.5) is 0 Å². The van der Waals surface area contributed by atoms with Crippen LogP contribution in [0.2, 0.25) is 0 Å². The summed E-state index contributed by atoms with van der Waals surface area (Å²) in [5.74, 6) is 1.75. The molecule has 1 aromatic carbocycles. The number of carbonyl (C=O) groups is 1. The molecule has 1 amide bonds. The van der Waals surface area contributed by atoms with Gasteiger partial charge in [-0.25, -0.2) is 4.98 Å². The highest BCUT2D eigenvalue weighted by Crippen LogP contribution is 2.31. The Morgan fingerprint density at radius 3 is 3.10 bits per heavy atom. The van der Waals surface area contributed by atoms with Crippen molar-refractivity contribution in [3.8, 4) is 5.75 Å². The zero-order valence-electron chi connectivity index (χ0n) is 11.9. The number of ether oxygens (including phenoxy) is 1. The molecular weight excluding hydrogens is 290 g/mol. The van der Waals surface area contributed by atoms with Crippen molar-refractivity contribution in [2.24, 2.45) is 0 Å². The van der Waals surface area contributed by atoms with Crippen LogP contribution >= 0.6 is 11.6 Å². The molecule has 2 heterocycles. The molecule has 0 spiro atoms. The van der Waals surface area contributed by atoms with Gasteiger partial charge in [0.2, 0.25) is 5.91 Å². The fourth-order valence-corrected chi connectivity index (χ4v) is 3.04. The fraction of sp³-hybridized carbons (Fsp3) is 0.467. The van der Waals surface area contributed by atoms with Gasteiger partial charge in [0.15, 0.2) is 0 Å². The molecule has 1 N–H and O–H groups in total. The minimum Gasteiger partial charge on any atom is -0.492 e. The maximum absolute atomic E-state index is 12.2. The van der Waals surface area contributed by atoms with E-state index in [2.05, 4.69) is 10.3 Å². The Balaban J connectivity index is 2.16. The molecule has 0 saturated carbocycles. The number of hydrogen-bond acceptors (Lipinski definition) is 3. The highest BCUT2D eigenvalue weighted by molar-refractivity contribution is 6.17. The maximum atomic E-state index is 12.2. The van der Waals surface area contributed by atoms with Gasteiger partial charge in [-0.1, -0.05) is 6.07 Å². The van der Waals surface area contributed by atoms with Gasteiger partial charge < -0.3 is 14.6 Å². The van der Waals surface area contributed by atoms with Crippen LogP contribution in [0.15, 0.2) is 18.2 Å². The van der Waals surface area contributed by atoms with Gasteiger partial charge in [0.1, 0.15) is 23.1 Å². The van der Waals surface area contributed by atoms with Gasteiger partial charge in [-0.3, -0.25) is 4.79 Å². The van der Waals surface area contributed by atoms with Gasteiger partial charge in [0.25, 0.3) is 0 Å². The second kappa shape index (κ2) is 5.93. The van der Waals surface area contributed by atoms with E-state index < -0.39 is 0 Å². The standard InChI is InChI=1S/C15H18ClN3O2/c1-2-21-12-7-3-5-10-14(12)18-13(9-16)19(10)11-6-4-8-17-15(11)20/h3,5,7,11H,2,4,6,8-9H2,1H3,(H,17,20). The topological polar surface area (TPSA) is 56.1 Å². The monoisotopic (exact) mass is 307 g/mol. The Morgan fingerprint density at radius 1 is 1.52 bits per heavy atom. The second-order valence-corrected chi connectivity index (χ2v) is 5.30. The molecule has 1 unspecified atom stereocenters. The average molecular weight is 308 g/mol. The van der Waals surface area contributed by atoms with E-state index in [1.54, 1.807) is 0 Å². The van der Waals surface area contributed by atoms with E-state index >= 15 is 0 Å². The number of nitrogens with one attached hydrogen (secondary N) is 1. The first-order valence-corrected chi connectivity index (χ1v) is 7.76. The summed E-state index contributed by atoms with van der Waals surface area (Å²) in [6.07, 6.45) is 1.77. The third kappa shape index (κ3) is 2.46. The van der Waals surface area contributed by atoms with Crippen LogP contribution < -0.4 is 10.1 Å². The number of imidazole rings is 1. The molecular formula is C15H18ClN3O2. The fourth-order valence-electron chi connectivity index (χ4n) is 2.86. The first-order valence-electron chi connectivity index (χ1n) is 7.22. The Hall–Kier alpha value is -1.75. The van der Waals surface area contributed by atoms with Crippen molar-refractivity contribution in [2.45, 2.75) is 31.7 Å². The molecule has 0 radical (unpaired) electrons. The lowest BCUT2D eigenvalue weighted by molar-refractivity contribution is -0.125. The third-order valence-corrected chi connectivity index (χ3v) is 3.98. The summed E-state index contributed by atoms with van der Waals surface area (Å²) in [4.78, 5) is 16.8. The molecule has 3 rings (SSSR count). The van der Waals surface area contributed by atoms with E-state index in [1.165, 1.54) is 0 Å². The molecule has 2 aromatic rings. The van der Waals surface area contributed by atoms with Crippen molar-refractivity contribution in [2.75, 3.05) is 13.2 Å². The molecule has 1 aromatic heterocycles. The number of hydrogen-bond donors (Lipinski definition) is 1. The number of alkyl halides is 1. The highest BCUT2D eigenvalue weighted by atomic mass is 35.5. The number of aromatic nitrogens is 2. The van der Waals surface area contributed by atoms with Crippen LogP contribution in [-0.2, 0) is 10.7 Å². The van der Waals surface area contributed by atoms with E-state index in [0.717, 1.165) is 36.2 Å². The number of amides is 1. The van der Waals surface area contributed by atoms with Gasteiger partial charge in [-0.2, -0.15) is 0 Å². The van der Waals surface area contributed by atoms with Crippen molar-refractivity contribution in [3.63, 3.8) is 0 Å². The van der Waals surface area contributed by atoms with Crippen molar-refractivity contribution in [3.05, 3.63) is 24.0 Å². The Kier molecular flexibility index (Phi) is 4.01. The molecule has 5 nitrogen and oxygen atoms in total. The SMILES string of the molecule is CCOc1cccc2c1nc(CCl)n2C1CCCNC1=O. The summed E-state index contributed by atoms with van der Waals surface area (Å²) < 4.78 is 7.58. The molecule has 6 heteroatoms.